The number of likely N-dealkylation sites (N-methyl/N-ethyl adjacent to an activating group) is 1. The van der Waals surface area contributed by atoms with Gasteiger partial charge in [0.2, 0.25) is 10.0 Å². The van der Waals surface area contributed by atoms with Crippen LogP contribution in [0.3, 0.4) is 0 Å². The molecule has 1 saturated carbocycles. The van der Waals surface area contributed by atoms with Gasteiger partial charge in [-0.25, -0.2) is 8.42 Å². The minimum Gasteiger partial charge on any atom is -0.469 e. The van der Waals surface area contributed by atoms with Crippen LogP contribution >= 0.6 is 0 Å². The molecular formula is C13H25NO5S. The second-order valence-corrected chi connectivity index (χ2v) is 7.26. The van der Waals surface area contributed by atoms with Crippen LogP contribution in [-0.2, 0) is 24.3 Å². The summed E-state index contributed by atoms with van der Waals surface area (Å²) in [5.41, 5.74) is 0. The van der Waals surface area contributed by atoms with E-state index in [1.165, 1.54) is 11.4 Å². The molecule has 1 aliphatic rings. The Morgan fingerprint density at radius 2 is 2.00 bits per heavy atom. The average molecular weight is 307 g/mol. The van der Waals surface area contributed by atoms with Gasteiger partial charge in [0, 0.05) is 19.7 Å². The van der Waals surface area contributed by atoms with E-state index in [9.17, 15) is 13.2 Å². The fraction of sp³-hybridized carbons (Fsp3) is 0.923. The lowest BCUT2D eigenvalue weighted by Gasteiger charge is -2.31. The van der Waals surface area contributed by atoms with Crippen LogP contribution in [0.2, 0.25) is 0 Å². The number of esters is 1. The molecule has 0 spiro atoms. The molecule has 0 aromatic carbocycles. The number of ether oxygens (including phenoxy) is 2. The van der Waals surface area contributed by atoms with Crippen LogP contribution in [0, 0.1) is 5.92 Å². The van der Waals surface area contributed by atoms with Crippen molar-refractivity contribution < 1.29 is 22.7 Å². The normalized spacial score (nSPS) is 24.9. The van der Waals surface area contributed by atoms with Crippen molar-refractivity contribution in [3.05, 3.63) is 0 Å². The minimum absolute atomic E-state index is 0.242. The van der Waals surface area contributed by atoms with Crippen LogP contribution in [0.4, 0.5) is 0 Å². The van der Waals surface area contributed by atoms with Crippen molar-refractivity contribution in [2.45, 2.75) is 44.4 Å². The summed E-state index contributed by atoms with van der Waals surface area (Å²) in [5, 5.41) is -0.672. The first-order chi connectivity index (χ1) is 9.39. The number of methoxy groups -OCH3 is 2. The van der Waals surface area contributed by atoms with Gasteiger partial charge in [0.15, 0.2) is 0 Å². The Labute approximate surface area is 121 Å². The van der Waals surface area contributed by atoms with Crippen molar-refractivity contribution in [1.82, 2.24) is 4.31 Å². The largest absolute Gasteiger partial charge is 0.469 e. The zero-order valence-electron chi connectivity index (χ0n) is 12.7. The zero-order chi connectivity index (χ0) is 15.3. The van der Waals surface area contributed by atoms with E-state index in [4.69, 9.17) is 9.47 Å². The molecule has 1 rings (SSSR count). The van der Waals surface area contributed by atoms with Crippen molar-refractivity contribution in [1.29, 1.82) is 0 Å². The average Bonchev–Trinajstić information content (AvgIpc) is 2.88. The first kappa shape index (κ1) is 17.4. The van der Waals surface area contributed by atoms with Gasteiger partial charge in [-0.2, -0.15) is 4.31 Å². The van der Waals surface area contributed by atoms with Crippen molar-refractivity contribution in [3.63, 3.8) is 0 Å². The third-order valence-corrected chi connectivity index (χ3v) is 6.48. The summed E-state index contributed by atoms with van der Waals surface area (Å²) in [5.74, 6) is -0.972. The zero-order valence-corrected chi connectivity index (χ0v) is 13.5. The molecule has 1 aliphatic carbocycles. The van der Waals surface area contributed by atoms with Gasteiger partial charge in [0.25, 0.3) is 0 Å². The fourth-order valence-corrected chi connectivity index (χ4v) is 5.34. The highest BCUT2D eigenvalue weighted by Gasteiger charge is 2.45. The third-order valence-electron chi connectivity index (χ3n) is 3.88. The van der Waals surface area contributed by atoms with Gasteiger partial charge in [-0.05, 0) is 19.8 Å². The van der Waals surface area contributed by atoms with Crippen molar-refractivity contribution in [2.75, 3.05) is 27.4 Å². The Morgan fingerprint density at radius 3 is 2.50 bits per heavy atom. The van der Waals surface area contributed by atoms with E-state index in [1.807, 2.05) is 6.92 Å². The standard InChI is InChI=1S/C13H25NO5S/c1-5-14(10(2)9-18-3)20(16,17)12-8-6-7-11(12)13(15)19-4/h10-12H,5-9H2,1-4H3. The van der Waals surface area contributed by atoms with Crippen LogP contribution < -0.4 is 0 Å². The maximum atomic E-state index is 12.8. The van der Waals surface area contributed by atoms with E-state index in [1.54, 1.807) is 14.0 Å². The van der Waals surface area contributed by atoms with E-state index in [-0.39, 0.29) is 6.04 Å². The molecule has 0 aromatic rings. The van der Waals surface area contributed by atoms with E-state index >= 15 is 0 Å². The van der Waals surface area contributed by atoms with Crippen LogP contribution in [0.5, 0.6) is 0 Å². The predicted octanol–water partition coefficient (Wildman–Crippen LogP) is 1.01. The van der Waals surface area contributed by atoms with Gasteiger partial charge in [-0.15, -0.1) is 0 Å². The Kier molecular flexibility index (Phi) is 6.42. The maximum Gasteiger partial charge on any atom is 0.310 e. The summed E-state index contributed by atoms with van der Waals surface area (Å²) >= 11 is 0. The predicted molar refractivity (Wildman–Crippen MR) is 75.8 cm³/mol. The molecule has 20 heavy (non-hydrogen) atoms. The van der Waals surface area contributed by atoms with E-state index < -0.39 is 27.2 Å². The molecule has 0 aromatic heterocycles. The molecule has 7 heteroatoms. The molecule has 0 amide bonds. The van der Waals surface area contributed by atoms with Crippen molar-refractivity contribution in [2.24, 2.45) is 5.92 Å². The van der Waals surface area contributed by atoms with Crippen LogP contribution in [0.1, 0.15) is 33.1 Å². The molecule has 0 radical (unpaired) electrons. The lowest BCUT2D eigenvalue weighted by Crippen LogP contribution is -2.47. The molecule has 6 nitrogen and oxygen atoms in total. The van der Waals surface area contributed by atoms with Gasteiger partial charge in [-0.3, -0.25) is 4.79 Å². The summed E-state index contributed by atoms with van der Waals surface area (Å²) in [4.78, 5) is 11.7. The van der Waals surface area contributed by atoms with Crippen LogP contribution in [0.15, 0.2) is 0 Å². The molecule has 0 aliphatic heterocycles. The number of hydrogen-bond donors (Lipinski definition) is 0. The Morgan fingerprint density at radius 1 is 1.35 bits per heavy atom. The summed E-state index contributed by atoms with van der Waals surface area (Å²) < 4.78 is 36.8. The highest BCUT2D eigenvalue weighted by Crippen LogP contribution is 2.34. The van der Waals surface area contributed by atoms with Crippen molar-refractivity contribution >= 4 is 16.0 Å². The number of carbonyl (C=O) groups is 1. The number of hydrogen-bond acceptors (Lipinski definition) is 5. The smallest absolute Gasteiger partial charge is 0.310 e. The number of carbonyl (C=O) groups excluding carboxylic acids is 1. The Bertz CT molecular complexity index is 422. The topological polar surface area (TPSA) is 72.9 Å². The lowest BCUT2D eigenvalue weighted by molar-refractivity contribution is -0.145. The third kappa shape index (κ3) is 3.51. The summed E-state index contributed by atoms with van der Waals surface area (Å²) in [6.45, 7) is 4.32. The number of nitrogens with zero attached hydrogens (tertiary/aromatic N) is 1. The molecular weight excluding hydrogens is 282 g/mol. The second-order valence-electron chi connectivity index (χ2n) is 5.15. The van der Waals surface area contributed by atoms with Gasteiger partial charge in [0.1, 0.15) is 0 Å². The number of sulfonamides is 1. The lowest BCUT2D eigenvalue weighted by atomic mass is 10.1. The van der Waals surface area contributed by atoms with Crippen molar-refractivity contribution in [3.8, 4) is 0 Å². The maximum absolute atomic E-state index is 12.8. The van der Waals surface area contributed by atoms with E-state index in [0.717, 1.165) is 6.42 Å². The SMILES string of the molecule is CCN(C(C)COC)S(=O)(=O)C1CCCC1C(=O)OC. The van der Waals surface area contributed by atoms with E-state index in [2.05, 4.69) is 0 Å². The van der Waals surface area contributed by atoms with Crippen LogP contribution in [0.25, 0.3) is 0 Å². The summed E-state index contributed by atoms with van der Waals surface area (Å²) in [7, 11) is -0.678. The molecule has 0 heterocycles. The van der Waals surface area contributed by atoms with Gasteiger partial charge in [0.05, 0.1) is 24.9 Å². The molecule has 0 bridgehead atoms. The summed E-state index contributed by atoms with van der Waals surface area (Å²) in [6.07, 6.45) is 1.82. The molecule has 0 saturated heterocycles. The quantitative estimate of drug-likeness (QED) is 0.656. The van der Waals surface area contributed by atoms with Gasteiger partial charge >= 0.3 is 5.97 Å². The minimum atomic E-state index is -3.52. The Hall–Kier alpha value is -0.660. The first-order valence-corrected chi connectivity index (χ1v) is 8.47. The van der Waals surface area contributed by atoms with Gasteiger partial charge in [-0.1, -0.05) is 13.3 Å². The highest BCUT2D eigenvalue weighted by atomic mass is 32.2. The Balaban J connectivity index is 2.98. The molecule has 3 atom stereocenters. The highest BCUT2D eigenvalue weighted by molar-refractivity contribution is 7.89. The number of rotatable bonds is 7. The molecule has 118 valence electrons. The van der Waals surface area contributed by atoms with E-state index in [0.29, 0.717) is 26.0 Å². The monoisotopic (exact) mass is 307 g/mol. The molecule has 3 unspecified atom stereocenters. The summed E-state index contributed by atoms with van der Waals surface area (Å²) in [6, 6.07) is -0.242. The van der Waals surface area contributed by atoms with Crippen LogP contribution in [-0.4, -0.2) is 57.4 Å². The first-order valence-electron chi connectivity index (χ1n) is 6.97. The molecule has 1 fully saturated rings. The fourth-order valence-electron chi connectivity index (χ4n) is 2.94. The second kappa shape index (κ2) is 7.38. The molecule has 0 N–H and O–H groups in total. The van der Waals surface area contributed by atoms with Gasteiger partial charge < -0.3 is 9.47 Å².